The average Bonchev–Trinajstić information content (AvgIpc) is 2.72. The summed E-state index contributed by atoms with van der Waals surface area (Å²) in [5.41, 5.74) is 1.19. The van der Waals surface area contributed by atoms with Gasteiger partial charge in [-0.15, -0.1) is 0 Å². The van der Waals surface area contributed by atoms with Gasteiger partial charge in [-0.05, 0) is 12.1 Å². The topological polar surface area (TPSA) is 44.1 Å². The van der Waals surface area contributed by atoms with Crippen LogP contribution in [0, 0.1) is 0 Å². The second-order valence-electron chi connectivity index (χ2n) is 3.29. The second-order valence-corrected chi connectivity index (χ2v) is 3.29. The molecule has 0 aliphatic rings. The Morgan fingerprint density at radius 2 is 2.38 bits per heavy atom. The van der Waals surface area contributed by atoms with Crippen molar-refractivity contribution in [3.63, 3.8) is 0 Å². The highest BCUT2D eigenvalue weighted by atomic mass is 19.1. The standard InChI is InChI=1S/C11H11FN2O2/c1-16-11(15)8-3-2-4-10-9(8)7-13-14(10)6-5-12/h2-4,7H,5-6H2,1H3. The molecule has 0 aliphatic carbocycles. The van der Waals surface area contributed by atoms with E-state index in [0.717, 1.165) is 5.52 Å². The number of aromatic nitrogens is 2. The van der Waals surface area contributed by atoms with Gasteiger partial charge in [0.05, 0.1) is 30.9 Å². The fraction of sp³-hybridized carbons (Fsp3) is 0.273. The third kappa shape index (κ3) is 1.64. The minimum absolute atomic E-state index is 0.189. The predicted octanol–water partition coefficient (Wildman–Crippen LogP) is 1.79. The van der Waals surface area contributed by atoms with Gasteiger partial charge in [-0.25, -0.2) is 9.18 Å². The van der Waals surface area contributed by atoms with Crippen molar-refractivity contribution in [3.05, 3.63) is 30.0 Å². The van der Waals surface area contributed by atoms with E-state index in [1.165, 1.54) is 11.8 Å². The number of nitrogens with zero attached hydrogens (tertiary/aromatic N) is 2. The summed E-state index contributed by atoms with van der Waals surface area (Å²) in [5, 5.41) is 4.71. The fourth-order valence-corrected chi connectivity index (χ4v) is 1.65. The summed E-state index contributed by atoms with van der Waals surface area (Å²) in [6.45, 7) is -0.298. The molecule has 0 atom stereocenters. The molecule has 2 rings (SSSR count). The van der Waals surface area contributed by atoms with E-state index in [4.69, 9.17) is 0 Å². The lowest BCUT2D eigenvalue weighted by atomic mass is 10.1. The van der Waals surface area contributed by atoms with Gasteiger partial charge in [-0.2, -0.15) is 5.10 Å². The Morgan fingerprint density at radius 3 is 3.06 bits per heavy atom. The van der Waals surface area contributed by atoms with Crippen molar-refractivity contribution >= 4 is 16.9 Å². The number of methoxy groups -OCH3 is 1. The van der Waals surface area contributed by atoms with Crippen LogP contribution in [0.15, 0.2) is 24.4 Å². The normalized spacial score (nSPS) is 10.6. The molecule has 0 unspecified atom stereocenters. The monoisotopic (exact) mass is 222 g/mol. The van der Waals surface area contributed by atoms with Crippen LogP contribution >= 0.6 is 0 Å². The van der Waals surface area contributed by atoms with E-state index in [-0.39, 0.29) is 6.54 Å². The first-order chi connectivity index (χ1) is 7.77. The zero-order chi connectivity index (χ0) is 11.5. The summed E-state index contributed by atoms with van der Waals surface area (Å²) in [7, 11) is 1.33. The number of carbonyl (C=O) groups is 1. The molecule has 4 nitrogen and oxygen atoms in total. The third-order valence-electron chi connectivity index (χ3n) is 2.39. The molecule has 0 fully saturated rings. The first-order valence-corrected chi connectivity index (χ1v) is 4.86. The van der Waals surface area contributed by atoms with E-state index in [1.54, 1.807) is 24.4 Å². The van der Waals surface area contributed by atoms with Crippen molar-refractivity contribution in [3.8, 4) is 0 Å². The summed E-state index contributed by atoms with van der Waals surface area (Å²) >= 11 is 0. The van der Waals surface area contributed by atoms with Gasteiger partial charge < -0.3 is 4.74 Å². The summed E-state index contributed by atoms with van der Waals surface area (Å²) in [6.07, 6.45) is 1.55. The van der Waals surface area contributed by atoms with Crippen LogP contribution in [0.4, 0.5) is 4.39 Å². The number of esters is 1. The molecule has 5 heteroatoms. The second kappa shape index (κ2) is 4.30. The number of ether oxygens (including phenoxy) is 1. The van der Waals surface area contributed by atoms with Crippen LogP contribution in [0.3, 0.4) is 0 Å². The quantitative estimate of drug-likeness (QED) is 0.744. The Balaban J connectivity index is 2.57. The molecule has 1 aromatic heterocycles. The van der Waals surface area contributed by atoms with Gasteiger partial charge in [-0.1, -0.05) is 6.07 Å². The van der Waals surface area contributed by atoms with E-state index in [9.17, 15) is 9.18 Å². The molecular formula is C11H11FN2O2. The number of rotatable bonds is 3. The molecule has 0 spiro atoms. The zero-order valence-corrected chi connectivity index (χ0v) is 8.81. The predicted molar refractivity (Wildman–Crippen MR) is 57.0 cm³/mol. The van der Waals surface area contributed by atoms with Gasteiger partial charge in [0.15, 0.2) is 0 Å². The molecule has 2 aromatic rings. The molecular weight excluding hydrogens is 211 g/mol. The lowest BCUT2D eigenvalue weighted by Crippen LogP contribution is -2.03. The highest BCUT2D eigenvalue weighted by molar-refractivity contribution is 6.03. The number of aryl methyl sites for hydroxylation is 1. The highest BCUT2D eigenvalue weighted by Crippen LogP contribution is 2.19. The molecule has 0 saturated heterocycles. The SMILES string of the molecule is COC(=O)c1cccc2c1cnn2CCF. The van der Waals surface area contributed by atoms with Crippen LogP contribution < -0.4 is 0 Å². The Hall–Kier alpha value is -1.91. The molecule has 16 heavy (non-hydrogen) atoms. The molecule has 0 saturated carbocycles. The maximum absolute atomic E-state index is 12.3. The molecule has 1 aromatic carbocycles. The van der Waals surface area contributed by atoms with Crippen LogP contribution in [-0.4, -0.2) is 29.5 Å². The molecule has 84 valence electrons. The number of hydrogen-bond donors (Lipinski definition) is 0. The molecule has 0 amide bonds. The molecule has 0 aliphatic heterocycles. The third-order valence-corrected chi connectivity index (χ3v) is 2.39. The maximum atomic E-state index is 12.3. The molecule has 0 bridgehead atoms. The van der Waals surface area contributed by atoms with Crippen LogP contribution in [0.1, 0.15) is 10.4 Å². The zero-order valence-electron chi connectivity index (χ0n) is 8.81. The fourth-order valence-electron chi connectivity index (χ4n) is 1.65. The van der Waals surface area contributed by atoms with Crippen LogP contribution in [-0.2, 0) is 11.3 Å². The lowest BCUT2D eigenvalue weighted by molar-refractivity contribution is 0.0603. The number of alkyl halides is 1. The Morgan fingerprint density at radius 1 is 1.56 bits per heavy atom. The van der Waals surface area contributed by atoms with Gasteiger partial charge >= 0.3 is 5.97 Å². The summed E-state index contributed by atoms with van der Waals surface area (Å²) in [5.74, 6) is -0.412. The van der Waals surface area contributed by atoms with Crippen molar-refractivity contribution < 1.29 is 13.9 Å². The van der Waals surface area contributed by atoms with Crippen LogP contribution in [0.5, 0.6) is 0 Å². The molecule has 0 N–H and O–H groups in total. The number of carbonyl (C=O) groups excluding carboxylic acids is 1. The maximum Gasteiger partial charge on any atom is 0.338 e. The van der Waals surface area contributed by atoms with Crippen molar-refractivity contribution in [2.75, 3.05) is 13.8 Å². The Bertz CT molecular complexity index is 522. The van der Waals surface area contributed by atoms with Crippen molar-refractivity contribution in [2.24, 2.45) is 0 Å². The first-order valence-electron chi connectivity index (χ1n) is 4.86. The number of halogens is 1. The van der Waals surface area contributed by atoms with E-state index in [0.29, 0.717) is 10.9 Å². The summed E-state index contributed by atoms with van der Waals surface area (Å²) < 4.78 is 18.5. The average molecular weight is 222 g/mol. The molecule has 0 radical (unpaired) electrons. The van der Waals surface area contributed by atoms with E-state index in [1.807, 2.05) is 0 Å². The van der Waals surface area contributed by atoms with Crippen molar-refractivity contribution in [1.82, 2.24) is 9.78 Å². The van der Waals surface area contributed by atoms with Gasteiger partial charge in [0.25, 0.3) is 0 Å². The first kappa shape index (κ1) is 10.6. The minimum Gasteiger partial charge on any atom is -0.465 e. The summed E-state index contributed by atoms with van der Waals surface area (Å²) in [4.78, 5) is 11.5. The van der Waals surface area contributed by atoms with E-state index in [2.05, 4.69) is 9.84 Å². The highest BCUT2D eigenvalue weighted by Gasteiger charge is 2.12. The molecule has 1 heterocycles. The van der Waals surface area contributed by atoms with Crippen LogP contribution in [0.2, 0.25) is 0 Å². The van der Waals surface area contributed by atoms with E-state index >= 15 is 0 Å². The number of hydrogen-bond acceptors (Lipinski definition) is 3. The van der Waals surface area contributed by atoms with Gasteiger partial charge in [0.1, 0.15) is 6.67 Å². The van der Waals surface area contributed by atoms with Gasteiger partial charge in [-0.3, -0.25) is 4.68 Å². The lowest BCUT2D eigenvalue weighted by Gasteiger charge is -2.02. The van der Waals surface area contributed by atoms with Crippen molar-refractivity contribution in [1.29, 1.82) is 0 Å². The smallest absolute Gasteiger partial charge is 0.338 e. The van der Waals surface area contributed by atoms with Gasteiger partial charge in [0, 0.05) is 5.39 Å². The minimum atomic E-state index is -0.487. The van der Waals surface area contributed by atoms with Crippen molar-refractivity contribution in [2.45, 2.75) is 6.54 Å². The van der Waals surface area contributed by atoms with Gasteiger partial charge in [0.2, 0.25) is 0 Å². The van der Waals surface area contributed by atoms with E-state index < -0.39 is 12.6 Å². The number of benzene rings is 1. The Labute approximate surface area is 91.6 Å². The number of fused-ring (bicyclic) bond motifs is 1. The van der Waals surface area contributed by atoms with Crippen LogP contribution in [0.25, 0.3) is 10.9 Å². The summed E-state index contributed by atoms with van der Waals surface area (Å²) in [6, 6.07) is 5.19. The largest absolute Gasteiger partial charge is 0.465 e. The Kier molecular flexibility index (Phi) is 2.85.